The van der Waals surface area contributed by atoms with Crippen LogP contribution in [0, 0.1) is 11.8 Å². The Hall–Kier alpha value is -1.46. The van der Waals surface area contributed by atoms with Gasteiger partial charge in [-0.1, -0.05) is 11.8 Å². The maximum absolute atomic E-state index is 8.54. The fourth-order valence-electron chi connectivity index (χ4n) is 1.52. The van der Waals surface area contributed by atoms with Crippen LogP contribution in [-0.2, 0) is 6.42 Å². The van der Waals surface area contributed by atoms with Crippen LogP contribution < -0.4 is 5.32 Å². The van der Waals surface area contributed by atoms with E-state index in [-0.39, 0.29) is 6.61 Å². The zero-order valence-corrected chi connectivity index (χ0v) is 7.30. The van der Waals surface area contributed by atoms with Crippen LogP contribution in [0.4, 0.5) is 5.69 Å². The number of hydrogen-bond acceptors (Lipinski definition) is 2. The smallest absolute Gasteiger partial charge is 0.104 e. The van der Waals surface area contributed by atoms with Gasteiger partial charge in [0.1, 0.15) is 6.61 Å². The van der Waals surface area contributed by atoms with Crippen LogP contribution in [0.2, 0.25) is 0 Å². The average molecular weight is 173 g/mol. The summed E-state index contributed by atoms with van der Waals surface area (Å²) in [5, 5.41) is 11.8. The second kappa shape index (κ2) is 3.51. The van der Waals surface area contributed by atoms with Gasteiger partial charge in [-0.05, 0) is 30.2 Å². The Labute approximate surface area is 77.6 Å². The molecule has 0 radical (unpaired) electrons. The third-order valence-electron chi connectivity index (χ3n) is 2.13. The largest absolute Gasteiger partial charge is 0.384 e. The van der Waals surface area contributed by atoms with Gasteiger partial charge < -0.3 is 10.4 Å². The van der Waals surface area contributed by atoms with E-state index in [2.05, 4.69) is 23.2 Å². The summed E-state index contributed by atoms with van der Waals surface area (Å²) in [5.41, 5.74) is 3.52. The van der Waals surface area contributed by atoms with E-state index < -0.39 is 0 Å². The highest BCUT2D eigenvalue weighted by molar-refractivity contribution is 5.58. The molecule has 2 nitrogen and oxygen atoms in total. The van der Waals surface area contributed by atoms with Crippen molar-refractivity contribution in [2.24, 2.45) is 0 Å². The summed E-state index contributed by atoms with van der Waals surface area (Å²) in [6.07, 6.45) is 1.07. The van der Waals surface area contributed by atoms with Gasteiger partial charge in [0, 0.05) is 17.8 Å². The first-order valence-electron chi connectivity index (χ1n) is 4.36. The van der Waals surface area contributed by atoms with Crippen molar-refractivity contribution in [3.05, 3.63) is 29.3 Å². The van der Waals surface area contributed by atoms with Crippen LogP contribution in [0.15, 0.2) is 18.2 Å². The van der Waals surface area contributed by atoms with Crippen molar-refractivity contribution in [1.82, 2.24) is 0 Å². The highest BCUT2D eigenvalue weighted by Crippen LogP contribution is 2.22. The molecule has 0 fully saturated rings. The molecule has 0 spiro atoms. The van der Waals surface area contributed by atoms with E-state index in [0.717, 1.165) is 18.5 Å². The number of aliphatic hydroxyl groups is 1. The van der Waals surface area contributed by atoms with Gasteiger partial charge in [-0.2, -0.15) is 0 Å². The van der Waals surface area contributed by atoms with Crippen molar-refractivity contribution in [3.8, 4) is 11.8 Å². The molecule has 1 aliphatic heterocycles. The van der Waals surface area contributed by atoms with Crippen LogP contribution in [0.3, 0.4) is 0 Å². The number of rotatable bonds is 0. The predicted octanol–water partition coefficient (Wildman–Crippen LogP) is 0.998. The highest BCUT2D eigenvalue weighted by atomic mass is 16.2. The zero-order valence-electron chi connectivity index (χ0n) is 7.30. The monoisotopic (exact) mass is 173 g/mol. The lowest BCUT2D eigenvalue weighted by atomic mass is 10.1. The number of nitrogens with one attached hydrogen (secondary N) is 1. The SMILES string of the molecule is OCC#Cc1ccc2c(c1)CCN2. The molecule has 0 atom stereocenters. The number of hydrogen-bond donors (Lipinski definition) is 2. The molecular weight excluding hydrogens is 162 g/mol. The molecule has 2 heteroatoms. The molecule has 0 saturated carbocycles. The quantitative estimate of drug-likeness (QED) is 0.574. The van der Waals surface area contributed by atoms with Crippen molar-refractivity contribution in [2.45, 2.75) is 6.42 Å². The molecule has 0 unspecified atom stereocenters. The molecule has 0 bridgehead atoms. The van der Waals surface area contributed by atoms with E-state index >= 15 is 0 Å². The van der Waals surface area contributed by atoms with Crippen molar-refractivity contribution in [1.29, 1.82) is 0 Å². The number of anilines is 1. The van der Waals surface area contributed by atoms with Crippen molar-refractivity contribution >= 4 is 5.69 Å². The molecule has 0 saturated heterocycles. The summed E-state index contributed by atoms with van der Waals surface area (Å²) in [7, 11) is 0. The number of benzene rings is 1. The van der Waals surface area contributed by atoms with Crippen LogP contribution in [0.5, 0.6) is 0 Å². The normalized spacial score (nSPS) is 12.7. The molecule has 2 N–H and O–H groups in total. The Morgan fingerprint density at radius 3 is 3.23 bits per heavy atom. The standard InChI is InChI=1S/C11H11NO/c13-7-1-2-9-3-4-11-10(8-9)5-6-12-11/h3-4,8,12-13H,5-7H2. The van der Waals surface area contributed by atoms with Gasteiger partial charge in [-0.3, -0.25) is 0 Å². The minimum Gasteiger partial charge on any atom is -0.384 e. The van der Waals surface area contributed by atoms with Crippen LogP contribution in [0.25, 0.3) is 0 Å². The van der Waals surface area contributed by atoms with Gasteiger partial charge in [0.05, 0.1) is 0 Å². The molecule has 0 amide bonds. The molecule has 1 aliphatic rings. The number of aliphatic hydroxyl groups excluding tert-OH is 1. The van der Waals surface area contributed by atoms with Crippen molar-refractivity contribution < 1.29 is 5.11 Å². The fraction of sp³-hybridized carbons (Fsp3) is 0.273. The maximum Gasteiger partial charge on any atom is 0.104 e. The topological polar surface area (TPSA) is 32.3 Å². The van der Waals surface area contributed by atoms with Crippen LogP contribution >= 0.6 is 0 Å². The van der Waals surface area contributed by atoms with E-state index in [1.165, 1.54) is 11.3 Å². The second-order valence-electron chi connectivity index (χ2n) is 3.01. The van der Waals surface area contributed by atoms with Gasteiger partial charge in [-0.15, -0.1) is 0 Å². The highest BCUT2D eigenvalue weighted by Gasteiger charge is 2.08. The Morgan fingerprint density at radius 1 is 1.46 bits per heavy atom. The van der Waals surface area contributed by atoms with Crippen LogP contribution in [0.1, 0.15) is 11.1 Å². The van der Waals surface area contributed by atoms with Gasteiger partial charge in [0.15, 0.2) is 0 Å². The third-order valence-corrected chi connectivity index (χ3v) is 2.13. The van der Waals surface area contributed by atoms with Gasteiger partial charge in [0.2, 0.25) is 0 Å². The first-order valence-corrected chi connectivity index (χ1v) is 4.36. The lowest BCUT2D eigenvalue weighted by Crippen LogP contribution is -1.90. The summed E-state index contributed by atoms with van der Waals surface area (Å²) in [6.45, 7) is 0.946. The van der Waals surface area contributed by atoms with E-state index in [1.54, 1.807) is 0 Å². The molecule has 0 aromatic heterocycles. The van der Waals surface area contributed by atoms with E-state index in [1.807, 2.05) is 12.1 Å². The Bertz CT molecular complexity index is 373. The minimum atomic E-state index is -0.0741. The van der Waals surface area contributed by atoms with Crippen LogP contribution in [-0.4, -0.2) is 18.3 Å². The Morgan fingerprint density at radius 2 is 2.38 bits per heavy atom. The molecule has 2 rings (SSSR count). The molecule has 13 heavy (non-hydrogen) atoms. The predicted molar refractivity (Wildman–Crippen MR) is 52.6 cm³/mol. The summed E-state index contributed by atoms with van der Waals surface area (Å²) in [6, 6.07) is 6.10. The van der Waals surface area contributed by atoms with E-state index in [4.69, 9.17) is 5.11 Å². The van der Waals surface area contributed by atoms with Crippen molar-refractivity contribution in [2.75, 3.05) is 18.5 Å². The Kier molecular flexibility index (Phi) is 2.20. The molecule has 0 aliphatic carbocycles. The maximum atomic E-state index is 8.54. The lowest BCUT2D eigenvalue weighted by Gasteiger charge is -1.98. The average Bonchev–Trinajstić information content (AvgIpc) is 2.61. The summed E-state index contributed by atoms with van der Waals surface area (Å²) < 4.78 is 0. The lowest BCUT2D eigenvalue weighted by molar-refractivity contribution is 0.350. The molecule has 66 valence electrons. The zero-order chi connectivity index (χ0) is 9.10. The second-order valence-corrected chi connectivity index (χ2v) is 3.01. The van der Waals surface area contributed by atoms with Crippen molar-refractivity contribution in [3.63, 3.8) is 0 Å². The third kappa shape index (κ3) is 1.66. The summed E-state index contributed by atoms with van der Waals surface area (Å²) >= 11 is 0. The van der Waals surface area contributed by atoms with Gasteiger partial charge in [0.25, 0.3) is 0 Å². The molecule has 1 heterocycles. The first-order chi connectivity index (χ1) is 6.40. The first kappa shape index (κ1) is 8.15. The van der Waals surface area contributed by atoms with Gasteiger partial charge in [-0.25, -0.2) is 0 Å². The molecular formula is C11H11NO. The molecule has 1 aromatic rings. The van der Waals surface area contributed by atoms with E-state index in [9.17, 15) is 0 Å². The van der Waals surface area contributed by atoms with E-state index in [0.29, 0.717) is 0 Å². The Balaban J connectivity index is 2.31. The fourth-order valence-corrected chi connectivity index (χ4v) is 1.52. The summed E-state index contributed by atoms with van der Waals surface area (Å²) in [4.78, 5) is 0. The molecule has 1 aromatic carbocycles. The van der Waals surface area contributed by atoms with Gasteiger partial charge >= 0.3 is 0 Å². The minimum absolute atomic E-state index is 0.0741. The number of fused-ring (bicyclic) bond motifs is 1. The summed E-state index contributed by atoms with van der Waals surface area (Å²) in [5.74, 6) is 5.54.